The Morgan fingerprint density at radius 2 is 1.82 bits per heavy atom. The van der Waals surface area contributed by atoms with Crippen LogP contribution in [0, 0.1) is 28.6 Å². The van der Waals surface area contributed by atoms with Gasteiger partial charge >= 0.3 is 0 Å². The molecule has 2 N–H and O–H groups in total. The maximum absolute atomic E-state index is 12.4. The van der Waals surface area contributed by atoms with Gasteiger partial charge in [0.05, 0.1) is 6.10 Å². The molecule has 7 atom stereocenters. The molecule has 3 heteroatoms. The van der Waals surface area contributed by atoms with Crippen molar-refractivity contribution < 1.29 is 15.0 Å². The maximum Gasteiger partial charge on any atom is 0.167 e. The van der Waals surface area contributed by atoms with E-state index < -0.39 is 6.10 Å². The smallest absolute Gasteiger partial charge is 0.167 e. The van der Waals surface area contributed by atoms with E-state index in [2.05, 4.69) is 19.9 Å². The fourth-order valence-corrected chi connectivity index (χ4v) is 6.43. The molecule has 3 nitrogen and oxygen atoms in total. The Kier molecular flexibility index (Phi) is 3.16. The van der Waals surface area contributed by atoms with Crippen LogP contribution in [0.25, 0.3) is 0 Å². The second-order valence-corrected chi connectivity index (χ2v) is 8.73. The van der Waals surface area contributed by atoms with Crippen molar-refractivity contribution in [3.8, 4) is 0 Å². The maximum atomic E-state index is 12.4. The van der Waals surface area contributed by atoms with Gasteiger partial charge in [0.2, 0.25) is 0 Å². The van der Waals surface area contributed by atoms with E-state index in [-0.39, 0.29) is 22.7 Å². The summed E-state index contributed by atoms with van der Waals surface area (Å²) in [4.78, 5) is 12.4. The number of ketones is 1. The highest BCUT2D eigenvalue weighted by molar-refractivity contribution is 5.91. The molecule has 3 saturated carbocycles. The number of aliphatic hydroxyl groups is 2. The number of hydrogen-bond donors (Lipinski definition) is 2. The number of Topliss-reactive ketones (excluding diaryl/α,β-unsaturated/α-hetero) is 1. The first-order valence-corrected chi connectivity index (χ1v) is 8.96. The Hall–Kier alpha value is -0.670. The molecule has 0 aliphatic heterocycles. The SMILES string of the molecule is C[C@]12CC[C@@H](O)CC1=CC[C@H]1[C@H]2CC[C@]2(C)C(=O)[C@H](O)C[C@@H]12. The number of hydrogen-bond acceptors (Lipinski definition) is 3. The van der Waals surface area contributed by atoms with Crippen molar-refractivity contribution in [3.63, 3.8) is 0 Å². The zero-order valence-corrected chi connectivity index (χ0v) is 13.7. The Morgan fingerprint density at radius 3 is 2.59 bits per heavy atom. The summed E-state index contributed by atoms with van der Waals surface area (Å²) in [6, 6.07) is 0. The van der Waals surface area contributed by atoms with E-state index in [1.807, 2.05) is 0 Å². The average molecular weight is 304 g/mol. The fraction of sp³-hybridized carbons (Fsp3) is 0.842. The molecule has 0 aromatic rings. The third kappa shape index (κ3) is 1.78. The van der Waals surface area contributed by atoms with Crippen molar-refractivity contribution in [2.24, 2.45) is 28.6 Å². The van der Waals surface area contributed by atoms with Crippen molar-refractivity contribution in [2.75, 3.05) is 0 Å². The van der Waals surface area contributed by atoms with Crippen LogP contribution < -0.4 is 0 Å². The highest BCUT2D eigenvalue weighted by atomic mass is 16.3. The first-order chi connectivity index (χ1) is 10.4. The quantitative estimate of drug-likeness (QED) is 0.677. The molecule has 0 amide bonds. The van der Waals surface area contributed by atoms with E-state index in [9.17, 15) is 15.0 Å². The van der Waals surface area contributed by atoms with E-state index >= 15 is 0 Å². The van der Waals surface area contributed by atoms with Gasteiger partial charge in [-0.1, -0.05) is 25.5 Å². The minimum atomic E-state index is -0.736. The largest absolute Gasteiger partial charge is 0.393 e. The number of carbonyl (C=O) groups is 1. The Bertz CT molecular complexity index is 539. The van der Waals surface area contributed by atoms with Gasteiger partial charge in [-0.15, -0.1) is 0 Å². The van der Waals surface area contributed by atoms with Crippen molar-refractivity contribution in [2.45, 2.75) is 71.0 Å². The minimum absolute atomic E-state index is 0.0925. The van der Waals surface area contributed by atoms with Gasteiger partial charge in [-0.05, 0) is 68.1 Å². The molecular formula is C19H28O3. The molecule has 0 aromatic carbocycles. The monoisotopic (exact) mass is 304 g/mol. The molecule has 0 spiro atoms. The van der Waals surface area contributed by atoms with Crippen LogP contribution >= 0.6 is 0 Å². The van der Waals surface area contributed by atoms with E-state index in [1.54, 1.807) is 0 Å². The molecule has 0 bridgehead atoms. The zero-order chi connectivity index (χ0) is 15.7. The standard InChI is InChI=1S/C19H28O3/c1-18-7-5-12(20)9-11(18)3-4-13-14(18)6-8-19(2)15(13)10-16(21)17(19)22/h3,12-16,20-21H,4-10H2,1-2H3/t12-,13+,14-,15+,16-,18+,19+/m1/s1. The van der Waals surface area contributed by atoms with Crippen LogP contribution in [0.3, 0.4) is 0 Å². The second-order valence-electron chi connectivity index (χ2n) is 8.73. The lowest BCUT2D eigenvalue weighted by Crippen LogP contribution is -2.50. The summed E-state index contributed by atoms with van der Waals surface area (Å²) in [7, 11) is 0. The van der Waals surface area contributed by atoms with Gasteiger partial charge in [-0.2, -0.15) is 0 Å². The van der Waals surface area contributed by atoms with Gasteiger partial charge < -0.3 is 10.2 Å². The molecule has 122 valence electrons. The summed E-state index contributed by atoms with van der Waals surface area (Å²) in [5, 5.41) is 20.1. The topological polar surface area (TPSA) is 57.5 Å². The fourth-order valence-electron chi connectivity index (χ4n) is 6.43. The van der Waals surface area contributed by atoms with E-state index in [1.165, 1.54) is 5.57 Å². The van der Waals surface area contributed by atoms with Crippen LogP contribution in [0.2, 0.25) is 0 Å². The molecular weight excluding hydrogens is 276 g/mol. The first kappa shape index (κ1) is 14.9. The zero-order valence-electron chi connectivity index (χ0n) is 13.7. The van der Waals surface area contributed by atoms with Crippen LogP contribution in [0.4, 0.5) is 0 Å². The number of allylic oxidation sites excluding steroid dienone is 1. The summed E-state index contributed by atoms with van der Waals surface area (Å²) in [5.41, 5.74) is 1.37. The van der Waals surface area contributed by atoms with Gasteiger partial charge in [0.1, 0.15) is 6.10 Å². The van der Waals surface area contributed by atoms with Gasteiger partial charge in [-0.25, -0.2) is 0 Å². The molecule has 0 unspecified atom stereocenters. The van der Waals surface area contributed by atoms with Crippen molar-refractivity contribution >= 4 is 5.78 Å². The average Bonchev–Trinajstić information content (AvgIpc) is 2.72. The molecule has 0 radical (unpaired) electrons. The van der Waals surface area contributed by atoms with Crippen LogP contribution in [-0.2, 0) is 4.79 Å². The van der Waals surface area contributed by atoms with E-state index in [0.717, 1.165) is 38.5 Å². The predicted molar refractivity (Wildman–Crippen MR) is 84.1 cm³/mol. The number of aliphatic hydroxyl groups excluding tert-OH is 2. The van der Waals surface area contributed by atoms with Crippen LogP contribution in [0.1, 0.15) is 58.8 Å². The highest BCUT2D eigenvalue weighted by Crippen LogP contribution is 2.63. The summed E-state index contributed by atoms with van der Waals surface area (Å²) in [5.74, 6) is 1.59. The van der Waals surface area contributed by atoms with Gasteiger partial charge in [0, 0.05) is 5.41 Å². The number of rotatable bonds is 0. The Morgan fingerprint density at radius 1 is 1.09 bits per heavy atom. The molecule has 3 fully saturated rings. The lowest BCUT2D eigenvalue weighted by atomic mass is 9.48. The van der Waals surface area contributed by atoms with Crippen LogP contribution in [0.5, 0.6) is 0 Å². The third-order valence-corrected chi connectivity index (χ3v) is 7.81. The molecule has 4 rings (SSSR count). The Labute approximate surface area is 132 Å². The van der Waals surface area contributed by atoms with E-state index in [0.29, 0.717) is 24.2 Å². The normalized spacial score (nSPS) is 54.3. The van der Waals surface area contributed by atoms with Crippen LogP contribution in [-0.4, -0.2) is 28.2 Å². The van der Waals surface area contributed by atoms with Gasteiger partial charge in [-0.3, -0.25) is 4.79 Å². The van der Waals surface area contributed by atoms with Gasteiger partial charge in [0.15, 0.2) is 5.78 Å². The van der Waals surface area contributed by atoms with Crippen molar-refractivity contribution in [1.29, 1.82) is 0 Å². The number of carbonyl (C=O) groups excluding carboxylic acids is 1. The predicted octanol–water partition coefficient (Wildman–Crippen LogP) is 2.85. The van der Waals surface area contributed by atoms with Gasteiger partial charge in [0.25, 0.3) is 0 Å². The first-order valence-electron chi connectivity index (χ1n) is 8.96. The molecule has 4 aliphatic rings. The summed E-state index contributed by atoms with van der Waals surface area (Å²) in [6.07, 6.45) is 8.00. The highest BCUT2D eigenvalue weighted by Gasteiger charge is 2.60. The minimum Gasteiger partial charge on any atom is -0.393 e. The van der Waals surface area contributed by atoms with Crippen molar-refractivity contribution in [3.05, 3.63) is 11.6 Å². The summed E-state index contributed by atoms with van der Waals surface area (Å²) < 4.78 is 0. The molecule has 4 aliphatic carbocycles. The molecule has 0 heterocycles. The summed E-state index contributed by atoms with van der Waals surface area (Å²) in [6.45, 7) is 4.48. The molecule has 0 aromatic heterocycles. The number of fused-ring (bicyclic) bond motifs is 5. The lowest BCUT2D eigenvalue weighted by molar-refractivity contribution is -0.136. The second kappa shape index (κ2) is 4.67. The lowest BCUT2D eigenvalue weighted by Gasteiger charge is -2.56. The molecule has 0 saturated heterocycles. The third-order valence-electron chi connectivity index (χ3n) is 7.81. The Balaban J connectivity index is 1.70. The molecule has 22 heavy (non-hydrogen) atoms. The van der Waals surface area contributed by atoms with Crippen molar-refractivity contribution in [1.82, 2.24) is 0 Å². The summed E-state index contributed by atoms with van der Waals surface area (Å²) >= 11 is 0. The van der Waals surface area contributed by atoms with Crippen LogP contribution in [0.15, 0.2) is 11.6 Å². The van der Waals surface area contributed by atoms with E-state index in [4.69, 9.17) is 0 Å².